The number of aromatic nitrogens is 1. The fourth-order valence-electron chi connectivity index (χ4n) is 3.17. The number of rotatable bonds is 4. The Morgan fingerprint density at radius 1 is 1.03 bits per heavy atom. The maximum atomic E-state index is 13.0. The van der Waals surface area contributed by atoms with Gasteiger partial charge in [0.25, 0.3) is 5.91 Å². The van der Waals surface area contributed by atoms with Gasteiger partial charge in [-0.3, -0.25) is 9.59 Å². The Balaban J connectivity index is 1.89. The molecule has 3 aromatic carbocycles. The lowest BCUT2D eigenvalue weighted by Gasteiger charge is -2.05. The Labute approximate surface area is 170 Å². The average Bonchev–Trinajstić information content (AvgIpc) is 3.08. The Hall–Kier alpha value is -3.45. The predicted molar refractivity (Wildman–Crippen MR) is 112 cm³/mol. The third-order valence-corrected chi connectivity index (χ3v) is 5.66. The summed E-state index contributed by atoms with van der Waals surface area (Å²) in [4.78, 5) is 29.7. The largest absolute Gasteiger partial charge is 0.497 e. The molecule has 0 bridgehead atoms. The molecule has 4 rings (SSSR count). The van der Waals surface area contributed by atoms with Gasteiger partial charge in [0.15, 0.2) is 4.80 Å². The molecule has 1 heterocycles. The van der Waals surface area contributed by atoms with Gasteiger partial charge in [0.2, 0.25) is 0 Å². The van der Waals surface area contributed by atoms with Crippen LogP contribution in [-0.4, -0.2) is 30.7 Å². The van der Waals surface area contributed by atoms with Crippen molar-refractivity contribution in [2.75, 3.05) is 14.2 Å². The van der Waals surface area contributed by atoms with Crippen molar-refractivity contribution >= 4 is 44.2 Å². The van der Waals surface area contributed by atoms with Gasteiger partial charge in [-0.05, 0) is 35.0 Å². The first-order valence-electron chi connectivity index (χ1n) is 8.91. The molecule has 0 saturated heterocycles. The number of fused-ring (bicyclic) bond motifs is 2. The highest BCUT2D eigenvalue weighted by Crippen LogP contribution is 2.24. The van der Waals surface area contributed by atoms with Crippen molar-refractivity contribution < 1.29 is 19.1 Å². The maximum absolute atomic E-state index is 13.0. The number of benzene rings is 3. The maximum Gasteiger partial charge on any atom is 0.325 e. The second-order valence-corrected chi connectivity index (χ2v) is 7.33. The van der Waals surface area contributed by atoms with Gasteiger partial charge in [-0.2, -0.15) is 4.99 Å². The molecule has 0 saturated carbocycles. The smallest absolute Gasteiger partial charge is 0.325 e. The molecule has 0 fully saturated rings. The average molecular weight is 406 g/mol. The van der Waals surface area contributed by atoms with Crippen molar-refractivity contribution in [1.82, 2.24) is 4.57 Å². The molecule has 0 atom stereocenters. The summed E-state index contributed by atoms with van der Waals surface area (Å²) in [5, 5.41) is 1.81. The van der Waals surface area contributed by atoms with E-state index in [4.69, 9.17) is 9.47 Å². The fraction of sp³-hybridized carbons (Fsp3) is 0.136. The third kappa shape index (κ3) is 3.64. The first kappa shape index (κ1) is 18.9. The van der Waals surface area contributed by atoms with Gasteiger partial charge in [-0.15, -0.1) is 0 Å². The van der Waals surface area contributed by atoms with Crippen molar-refractivity contribution in [2.45, 2.75) is 6.54 Å². The fourth-order valence-corrected chi connectivity index (χ4v) is 4.23. The summed E-state index contributed by atoms with van der Waals surface area (Å²) in [5.74, 6) is -0.0885. The second-order valence-electron chi connectivity index (χ2n) is 6.32. The standard InChI is InChI=1S/C22H18N2O4S/c1-27-15-10-11-18-19(12-15)29-22(24(18)13-20(25)28-2)23-21(26)17-9-5-7-14-6-3-4-8-16(14)17/h3-12H,13H2,1-2H3. The first-order chi connectivity index (χ1) is 14.1. The van der Waals surface area contributed by atoms with Crippen LogP contribution in [0.3, 0.4) is 0 Å². The Bertz CT molecular complexity index is 1300. The van der Waals surface area contributed by atoms with Gasteiger partial charge in [0.05, 0.1) is 24.4 Å². The Morgan fingerprint density at radius 2 is 1.83 bits per heavy atom. The number of carbonyl (C=O) groups is 2. The highest BCUT2D eigenvalue weighted by Gasteiger charge is 2.14. The molecular weight excluding hydrogens is 388 g/mol. The predicted octanol–water partition coefficient (Wildman–Crippen LogP) is 3.78. The summed E-state index contributed by atoms with van der Waals surface area (Å²) in [5.41, 5.74) is 1.30. The number of carbonyl (C=O) groups excluding carboxylic acids is 2. The van der Waals surface area contributed by atoms with Crippen LogP contribution in [0.5, 0.6) is 5.75 Å². The summed E-state index contributed by atoms with van der Waals surface area (Å²) >= 11 is 1.32. The van der Waals surface area contributed by atoms with E-state index in [-0.39, 0.29) is 12.5 Å². The minimum Gasteiger partial charge on any atom is -0.497 e. The molecule has 0 aliphatic heterocycles. The quantitative estimate of drug-likeness (QED) is 0.484. The Morgan fingerprint density at radius 3 is 2.62 bits per heavy atom. The lowest BCUT2D eigenvalue weighted by atomic mass is 10.0. The van der Waals surface area contributed by atoms with Crippen molar-refractivity contribution in [3.05, 3.63) is 71.0 Å². The van der Waals surface area contributed by atoms with Crippen molar-refractivity contribution in [3.8, 4) is 5.75 Å². The van der Waals surface area contributed by atoms with E-state index in [1.165, 1.54) is 18.4 Å². The number of ether oxygens (including phenoxy) is 2. The van der Waals surface area contributed by atoms with Gasteiger partial charge in [-0.25, -0.2) is 0 Å². The molecule has 1 aromatic heterocycles. The highest BCUT2D eigenvalue weighted by molar-refractivity contribution is 7.16. The molecule has 4 aromatic rings. The number of hydrogen-bond acceptors (Lipinski definition) is 5. The molecular formula is C22H18N2O4S. The molecule has 6 nitrogen and oxygen atoms in total. The second kappa shape index (κ2) is 7.89. The van der Waals surface area contributed by atoms with Gasteiger partial charge < -0.3 is 14.0 Å². The molecule has 1 amide bonds. The van der Waals surface area contributed by atoms with Crippen molar-refractivity contribution in [1.29, 1.82) is 0 Å². The number of methoxy groups -OCH3 is 2. The third-order valence-electron chi connectivity index (χ3n) is 4.62. The van der Waals surface area contributed by atoms with E-state index in [0.717, 1.165) is 21.0 Å². The van der Waals surface area contributed by atoms with Crippen LogP contribution in [0.15, 0.2) is 65.7 Å². The van der Waals surface area contributed by atoms with Crippen molar-refractivity contribution in [2.24, 2.45) is 4.99 Å². The number of thiazole rings is 1. The summed E-state index contributed by atoms with van der Waals surface area (Å²) in [6.07, 6.45) is 0. The number of esters is 1. The van der Waals surface area contributed by atoms with Crippen LogP contribution >= 0.6 is 11.3 Å². The highest BCUT2D eigenvalue weighted by atomic mass is 32.1. The molecule has 146 valence electrons. The molecule has 0 aliphatic rings. The SMILES string of the molecule is COC(=O)Cn1c(=NC(=O)c2cccc3ccccc23)sc2cc(OC)ccc21. The van der Waals surface area contributed by atoms with Gasteiger partial charge >= 0.3 is 5.97 Å². The minimum absolute atomic E-state index is 0.0372. The molecule has 0 radical (unpaired) electrons. The van der Waals surface area contributed by atoms with E-state index >= 15 is 0 Å². The van der Waals surface area contributed by atoms with Crippen LogP contribution in [0.4, 0.5) is 0 Å². The Kier molecular flexibility index (Phi) is 5.14. The monoisotopic (exact) mass is 406 g/mol. The topological polar surface area (TPSA) is 69.9 Å². The normalized spacial score (nSPS) is 11.7. The molecule has 0 aliphatic carbocycles. The lowest BCUT2D eigenvalue weighted by molar-refractivity contribution is -0.141. The number of nitrogens with zero attached hydrogens (tertiary/aromatic N) is 2. The van der Waals surface area contributed by atoms with Crippen LogP contribution in [0, 0.1) is 0 Å². The molecule has 29 heavy (non-hydrogen) atoms. The number of hydrogen-bond donors (Lipinski definition) is 0. The van der Waals surface area contributed by atoms with E-state index in [1.54, 1.807) is 23.8 Å². The van der Waals surface area contributed by atoms with Gasteiger partial charge in [-0.1, -0.05) is 47.7 Å². The lowest BCUT2D eigenvalue weighted by Crippen LogP contribution is -2.22. The van der Waals surface area contributed by atoms with Crippen LogP contribution in [-0.2, 0) is 16.1 Å². The van der Waals surface area contributed by atoms with E-state index in [2.05, 4.69) is 4.99 Å². The zero-order valence-electron chi connectivity index (χ0n) is 15.9. The van der Waals surface area contributed by atoms with Gasteiger partial charge in [0.1, 0.15) is 12.3 Å². The molecule has 0 unspecified atom stereocenters. The van der Waals surface area contributed by atoms with E-state index in [0.29, 0.717) is 16.1 Å². The summed E-state index contributed by atoms with van der Waals surface area (Å²) in [7, 11) is 2.92. The molecule has 0 N–H and O–H groups in total. The molecule has 7 heteroatoms. The van der Waals surface area contributed by atoms with Crippen LogP contribution in [0.25, 0.3) is 21.0 Å². The number of amides is 1. The van der Waals surface area contributed by atoms with Crippen molar-refractivity contribution in [3.63, 3.8) is 0 Å². The minimum atomic E-state index is -0.417. The van der Waals surface area contributed by atoms with Gasteiger partial charge in [0, 0.05) is 5.56 Å². The molecule has 0 spiro atoms. The zero-order valence-corrected chi connectivity index (χ0v) is 16.7. The first-order valence-corrected chi connectivity index (χ1v) is 9.73. The summed E-state index contributed by atoms with van der Waals surface area (Å²) < 4.78 is 12.6. The summed E-state index contributed by atoms with van der Waals surface area (Å²) in [6, 6.07) is 18.7. The van der Waals surface area contributed by atoms with Crippen LogP contribution in [0.1, 0.15) is 10.4 Å². The van der Waals surface area contributed by atoms with E-state index in [1.807, 2.05) is 48.5 Å². The van der Waals surface area contributed by atoms with E-state index in [9.17, 15) is 9.59 Å². The van der Waals surface area contributed by atoms with Crippen LogP contribution < -0.4 is 9.54 Å². The van der Waals surface area contributed by atoms with E-state index < -0.39 is 5.97 Å². The zero-order chi connectivity index (χ0) is 20.4. The summed E-state index contributed by atoms with van der Waals surface area (Å²) in [6.45, 7) is -0.0372. The van der Waals surface area contributed by atoms with Crippen LogP contribution in [0.2, 0.25) is 0 Å².